The van der Waals surface area contributed by atoms with Crippen LogP contribution in [0.5, 0.6) is 5.75 Å². The smallest absolute Gasteiger partial charge is 0.414 e. The fourth-order valence-electron chi connectivity index (χ4n) is 11.1. The molecule has 41 nitrogen and oxygen atoms in total. The van der Waals surface area contributed by atoms with Crippen LogP contribution in [-0.4, -0.2) is 264 Å². The van der Waals surface area contributed by atoms with Crippen molar-refractivity contribution in [1.82, 2.24) is 74.4 Å². The molecule has 0 fully saturated rings. The van der Waals surface area contributed by atoms with E-state index in [1.54, 1.807) is 96.9 Å². The Morgan fingerprint density at radius 2 is 0.850 bits per heavy atom. The molecular weight excluding hydrogens is 1680 g/mol. The van der Waals surface area contributed by atoms with Gasteiger partial charge in [0.1, 0.15) is 70.7 Å². The van der Waals surface area contributed by atoms with Crippen molar-refractivity contribution < 1.29 is 137 Å². The number of esters is 2. The monoisotopic (exact) mass is 1820 g/mol. The van der Waals surface area contributed by atoms with Crippen LogP contribution in [0, 0.1) is 41.0 Å². The molecule has 127 heavy (non-hydrogen) atoms. The van der Waals surface area contributed by atoms with E-state index < -0.39 is 214 Å². The van der Waals surface area contributed by atoms with E-state index in [1.165, 1.54) is 20.8 Å². The quantitative estimate of drug-likeness (QED) is 0.00651. The van der Waals surface area contributed by atoms with Crippen LogP contribution < -0.4 is 84.9 Å². The summed E-state index contributed by atoms with van der Waals surface area (Å²) in [5.74, 6) is -21.1. The number of urea groups is 1. The van der Waals surface area contributed by atoms with Gasteiger partial charge in [0.15, 0.2) is 11.6 Å². The van der Waals surface area contributed by atoms with Gasteiger partial charge in [-0.15, -0.1) is 0 Å². The normalized spacial score (nSPS) is 13.5. The number of guanidine groups is 1. The summed E-state index contributed by atoms with van der Waals surface area (Å²) in [4.78, 5) is 219. The summed E-state index contributed by atoms with van der Waals surface area (Å²) in [6.45, 7) is 31.8. The van der Waals surface area contributed by atoms with Crippen LogP contribution in [0.3, 0.4) is 0 Å². The SMILES string of the molecule is CC[C@H](NC(=O)[C@H](C)NC(=O)[C@H](CC(C)C)NC(=O)[C@H](CC(=O)OC(C)(C)C)NC(=O)CNC(=O)[C@H](CCCN=C(NC(=O)OC(C)(C)C)NC(=O)OC(C)(C)C)NC(C)=O)C(=O)N[C@@H](CC(C)C)C(=O)N[C@@H](CCCNC(N)=O)C(=O)NC(C)(C)C(=O)N[C@@H](CC(C)C)C(=O)NCCOCCOCCOCCOCCOCCC(=O)Oc1c(F)c(F)cc(F)c1F. The van der Waals surface area contributed by atoms with E-state index in [0.717, 1.165) is 6.92 Å². The second-order valence-corrected chi connectivity index (χ2v) is 34.2. The maximum Gasteiger partial charge on any atom is 0.414 e. The van der Waals surface area contributed by atoms with Crippen molar-refractivity contribution in [2.45, 2.75) is 273 Å². The summed E-state index contributed by atoms with van der Waals surface area (Å²) < 4.78 is 102. The number of hydrogen-bond acceptors (Lipinski definition) is 26. The molecule has 0 heterocycles. The Hall–Kier alpha value is -10.7. The number of nitrogens with zero attached hydrogens (tertiary/aromatic N) is 1. The summed E-state index contributed by atoms with van der Waals surface area (Å²) in [7, 11) is 0. The number of hydrogen-bond donors (Lipinski definition) is 15. The van der Waals surface area contributed by atoms with E-state index in [2.05, 4.69) is 84.2 Å². The molecule has 0 bridgehead atoms. The maximum absolute atomic E-state index is 14.4. The van der Waals surface area contributed by atoms with Gasteiger partial charge in [0.2, 0.25) is 88.3 Å². The van der Waals surface area contributed by atoms with Crippen LogP contribution in [0.2, 0.25) is 0 Å². The minimum absolute atomic E-state index is 0.00982. The Morgan fingerprint density at radius 1 is 0.433 bits per heavy atom. The molecule has 0 radical (unpaired) electrons. The lowest BCUT2D eigenvalue weighted by Gasteiger charge is -2.31. The van der Waals surface area contributed by atoms with E-state index in [1.807, 2.05) is 13.8 Å². The number of aliphatic imine (C=N–C) groups is 1. The zero-order valence-electron chi connectivity index (χ0n) is 76.6. The molecule has 0 aliphatic carbocycles. The lowest BCUT2D eigenvalue weighted by molar-refractivity contribution is -0.156. The Kier molecular flexibility index (Phi) is 52.1. The lowest BCUT2D eigenvalue weighted by Crippen LogP contribution is -2.63. The molecule has 0 aliphatic heterocycles. The molecular formula is C82H136F4N16O25. The van der Waals surface area contributed by atoms with Crippen molar-refractivity contribution in [2.24, 2.45) is 28.5 Å². The standard InChI is InChI=1S/C82H136F4N16O25/c1-21-53(95-66(107)49(8)92-70(111)57(41-47(4)5)98-72(113)59(44-62(106)125-79(10,11)12)94-60(104)45-91-67(108)54(93-50(9)103)24-23-28-90-76(100-77(117)126-80(13,14)15)101-78(118)127-81(16,17)18)69(110)97-58(42-48(6)7)71(112)96-55(25-22-27-89-75(87)116)73(114)102-82(19,20)74(115)99-56(40-46(2)3)68(109)88-29-31-120-33-35-122-37-39-123-38-36-121-34-32-119-30-26-61(105)124-65-63(85)51(83)43-52(84)64(65)86/h43,46-49,53-59H,21-42,44-45H2,1-20H3,(H,88,109)(H,91,108)(H,92,111)(H,93,103)(H,94,104)(H,95,107)(H,96,112)(H,97,110)(H,98,113)(H,99,115)(H,102,114)(H3,87,89,116)(H2,90,100,101,117,118)/t49-,53-,54-,55-,56-,57-,58-,59-/m0/s1. The Labute approximate surface area is 738 Å². The van der Waals surface area contributed by atoms with Crippen LogP contribution in [0.15, 0.2) is 11.1 Å². The number of carbonyl (C=O) groups excluding carboxylic acids is 16. The van der Waals surface area contributed by atoms with E-state index in [9.17, 15) is 94.3 Å². The molecule has 16 N–H and O–H groups in total. The highest BCUT2D eigenvalue weighted by atomic mass is 19.2. The first-order valence-corrected chi connectivity index (χ1v) is 42.0. The van der Waals surface area contributed by atoms with Crippen molar-refractivity contribution in [2.75, 3.05) is 92.2 Å². The molecule has 8 atom stereocenters. The van der Waals surface area contributed by atoms with Gasteiger partial charge < -0.3 is 112 Å². The number of nitrogens with one attached hydrogen (secondary N) is 14. The van der Waals surface area contributed by atoms with Crippen LogP contribution in [0.25, 0.3) is 0 Å². The highest BCUT2D eigenvalue weighted by Crippen LogP contribution is 2.27. The molecule has 1 aromatic carbocycles. The average molecular weight is 1820 g/mol. The average Bonchev–Trinajstić information content (AvgIpc) is 0.691. The lowest BCUT2D eigenvalue weighted by atomic mass is 9.98. The topological polar surface area (TPSA) is 563 Å². The number of nitrogens with two attached hydrogens (primary N) is 1. The Bertz CT molecular complexity index is 3760. The van der Waals surface area contributed by atoms with E-state index >= 15 is 0 Å². The van der Waals surface area contributed by atoms with E-state index in [0.29, 0.717) is 0 Å². The molecule has 1 aromatic rings. The van der Waals surface area contributed by atoms with Crippen LogP contribution >= 0.6 is 0 Å². The molecule has 0 saturated heterocycles. The molecule has 45 heteroatoms. The molecule has 0 saturated carbocycles. The fourth-order valence-corrected chi connectivity index (χ4v) is 11.1. The Morgan fingerprint density at radius 3 is 1.31 bits per heavy atom. The first-order chi connectivity index (χ1) is 59.0. The number of alkyl carbamates (subject to hydrolysis) is 2. The molecule has 1 rings (SSSR count). The minimum atomic E-state index is -1.85. The third kappa shape index (κ3) is 51.7. The number of ether oxygens (including phenoxy) is 9. The largest absolute Gasteiger partial charge is 0.460 e. The number of halogens is 4. The van der Waals surface area contributed by atoms with Gasteiger partial charge in [-0.2, -0.15) is 8.78 Å². The van der Waals surface area contributed by atoms with Gasteiger partial charge in [0, 0.05) is 32.6 Å². The van der Waals surface area contributed by atoms with Crippen molar-refractivity contribution in [3.63, 3.8) is 0 Å². The third-order valence-corrected chi connectivity index (χ3v) is 16.9. The minimum Gasteiger partial charge on any atom is -0.460 e. The number of rotatable bonds is 56. The van der Waals surface area contributed by atoms with Crippen molar-refractivity contribution >= 4 is 101 Å². The molecule has 15 amide bonds. The summed E-state index contributed by atoms with van der Waals surface area (Å²) >= 11 is 0. The zero-order valence-corrected chi connectivity index (χ0v) is 76.6. The fraction of sp³-hybridized carbons (Fsp3) is 0.720. The molecule has 722 valence electrons. The predicted molar refractivity (Wildman–Crippen MR) is 452 cm³/mol. The van der Waals surface area contributed by atoms with E-state index in [4.69, 9.17) is 43.6 Å². The molecule has 0 aliphatic rings. The predicted octanol–water partition coefficient (Wildman–Crippen LogP) is 2.58. The van der Waals surface area contributed by atoms with Gasteiger partial charge in [-0.3, -0.25) is 78.0 Å². The van der Waals surface area contributed by atoms with Crippen molar-refractivity contribution in [1.29, 1.82) is 0 Å². The van der Waals surface area contributed by atoms with Crippen LogP contribution in [0.1, 0.15) is 203 Å². The molecule has 0 aromatic heterocycles. The molecule has 0 spiro atoms. The number of carbonyl (C=O) groups is 16. The van der Waals surface area contributed by atoms with Crippen LogP contribution in [-0.2, 0) is 100 Å². The number of primary amides is 1. The summed E-state index contributed by atoms with van der Waals surface area (Å²) in [6.07, 6.45) is -3.26. The summed E-state index contributed by atoms with van der Waals surface area (Å²) in [5, 5.41) is 35.4. The molecule has 0 unspecified atom stereocenters. The third-order valence-electron chi connectivity index (χ3n) is 16.9. The van der Waals surface area contributed by atoms with Gasteiger partial charge in [0.05, 0.1) is 85.5 Å². The van der Waals surface area contributed by atoms with Gasteiger partial charge in [-0.25, -0.2) is 23.2 Å². The first-order valence-electron chi connectivity index (χ1n) is 42.0. The Balaban J connectivity index is 3.10. The maximum atomic E-state index is 14.4. The van der Waals surface area contributed by atoms with E-state index in [-0.39, 0.29) is 167 Å². The van der Waals surface area contributed by atoms with Crippen LogP contribution in [0.4, 0.5) is 31.9 Å². The number of benzene rings is 1. The second-order valence-electron chi connectivity index (χ2n) is 34.2. The second kappa shape index (κ2) is 57.9. The van der Waals surface area contributed by atoms with Gasteiger partial charge >= 0.3 is 30.2 Å². The van der Waals surface area contributed by atoms with Gasteiger partial charge in [-0.1, -0.05) is 48.5 Å². The highest BCUT2D eigenvalue weighted by Gasteiger charge is 2.39. The summed E-state index contributed by atoms with van der Waals surface area (Å²) in [5.41, 5.74) is 0.632. The van der Waals surface area contributed by atoms with Crippen molar-refractivity contribution in [3.8, 4) is 5.75 Å². The zero-order chi connectivity index (χ0) is 96.7. The van der Waals surface area contributed by atoms with Gasteiger partial charge in [-0.05, 0) is 152 Å². The summed E-state index contributed by atoms with van der Waals surface area (Å²) in [6, 6.07) is -12.0. The first kappa shape index (κ1) is 114. The van der Waals surface area contributed by atoms with Crippen molar-refractivity contribution in [3.05, 3.63) is 29.3 Å². The highest BCUT2D eigenvalue weighted by molar-refractivity contribution is 6.02. The van der Waals surface area contributed by atoms with Gasteiger partial charge in [0.25, 0.3) is 0 Å². The number of amides is 15.